The van der Waals surface area contributed by atoms with Crippen LogP contribution in [0.2, 0.25) is 5.02 Å². The van der Waals surface area contributed by atoms with Crippen LogP contribution in [0.5, 0.6) is 11.6 Å². The molecule has 2 aromatic rings. The van der Waals surface area contributed by atoms with E-state index in [2.05, 4.69) is 9.97 Å². The molecule has 0 atom stereocenters. The Morgan fingerprint density at radius 3 is 2.65 bits per heavy atom. The molecule has 0 aliphatic rings. The lowest BCUT2D eigenvalue weighted by Crippen LogP contribution is -2.17. The van der Waals surface area contributed by atoms with Crippen molar-refractivity contribution in [2.75, 3.05) is 12.4 Å². The number of benzene rings is 1. The first-order valence-corrected chi connectivity index (χ1v) is 8.65. The number of hydrogen-bond acceptors (Lipinski definition) is 5. The second-order valence-electron chi connectivity index (χ2n) is 5.42. The zero-order valence-corrected chi connectivity index (χ0v) is 14.6. The Hall–Kier alpha value is -1.66. The molecule has 0 aliphatic carbocycles. The molecule has 7 heteroatoms. The first kappa shape index (κ1) is 17.7. The molecular formula is C16H19ClN2O3S. The zero-order chi connectivity index (χ0) is 16.8. The molecule has 0 saturated heterocycles. The Labute approximate surface area is 144 Å². The van der Waals surface area contributed by atoms with Gasteiger partial charge < -0.3 is 14.8 Å². The molecule has 124 valence electrons. The normalized spacial score (nSPS) is 11.0. The SMILES string of the molecule is CC(C)Cc1c(O)nc(SCCOc2ccc(Cl)cc2)[nH]c1=O. The van der Waals surface area contributed by atoms with Gasteiger partial charge in [-0.1, -0.05) is 37.2 Å². The van der Waals surface area contributed by atoms with Crippen molar-refractivity contribution in [1.29, 1.82) is 0 Å². The molecule has 1 aromatic carbocycles. The van der Waals surface area contributed by atoms with E-state index < -0.39 is 0 Å². The van der Waals surface area contributed by atoms with E-state index in [-0.39, 0.29) is 17.4 Å². The molecule has 0 spiro atoms. The molecule has 2 rings (SSSR count). The molecule has 2 N–H and O–H groups in total. The van der Waals surface area contributed by atoms with Crippen molar-refractivity contribution in [2.24, 2.45) is 5.92 Å². The van der Waals surface area contributed by atoms with Crippen LogP contribution in [-0.4, -0.2) is 27.4 Å². The second-order valence-corrected chi connectivity index (χ2v) is 6.94. The van der Waals surface area contributed by atoms with E-state index in [1.165, 1.54) is 11.8 Å². The highest BCUT2D eigenvalue weighted by atomic mass is 35.5. The van der Waals surface area contributed by atoms with Gasteiger partial charge in [-0.25, -0.2) is 0 Å². The van der Waals surface area contributed by atoms with Gasteiger partial charge in [0.05, 0.1) is 12.2 Å². The summed E-state index contributed by atoms with van der Waals surface area (Å²) >= 11 is 7.12. The summed E-state index contributed by atoms with van der Waals surface area (Å²) in [5.74, 6) is 1.40. The van der Waals surface area contributed by atoms with Gasteiger partial charge >= 0.3 is 0 Å². The highest BCUT2D eigenvalue weighted by molar-refractivity contribution is 7.99. The number of ether oxygens (including phenoxy) is 1. The van der Waals surface area contributed by atoms with Crippen molar-refractivity contribution < 1.29 is 9.84 Å². The highest BCUT2D eigenvalue weighted by Gasteiger charge is 2.12. The van der Waals surface area contributed by atoms with Crippen LogP contribution in [0.15, 0.2) is 34.2 Å². The Kier molecular flexibility index (Phi) is 6.36. The number of H-pyrrole nitrogens is 1. The van der Waals surface area contributed by atoms with Crippen molar-refractivity contribution >= 4 is 23.4 Å². The summed E-state index contributed by atoms with van der Waals surface area (Å²) in [4.78, 5) is 18.7. The number of nitrogens with one attached hydrogen (secondary N) is 1. The number of thioether (sulfide) groups is 1. The lowest BCUT2D eigenvalue weighted by molar-refractivity contribution is 0.344. The minimum absolute atomic E-state index is 0.191. The second kappa shape index (κ2) is 8.26. The van der Waals surface area contributed by atoms with E-state index in [0.717, 1.165) is 5.75 Å². The van der Waals surface area contributed by atoms with Crippen LogP contribution in [0.4, 0.5) is 0 Å². The molecule has 0 amide bonds. The van der Waals surface area contributed by atoms with Gasteiger partial charge in [0.1, 0.15) is 5.75 Å². The van der Waals surface area contributed by atoms with E-state index in [0.29, 0.717) is 34.5 Å². The third-order valence-electron chi connectivity index (χ3n) is 2.99. The molecule has 23 heavy (non-hydrogen) atoms. The fourth-order valence-electron chi connectivity index (χ4n) is 1.95. The first-order valence-electron chi connectivity index (χ1n) is 7.29. The topological polar surface area (TPSA) is 75.2 Å². The van der Waals surface area contributed by atoms with Gasteiger partial charge in [0.15, 0.2) is 5.16 Å². The summed E-state index contributed by atoms with van der Waals surface area (Å²) in [7, 11) is 0. The minimum Gasteiger partial charge on any atom is -0.493 e. The third kappa shape index (κ3) is 5.48. The Morgan fingerprint density at radius 2 is 2.04 bits per heavy atom. The summed E-state index contributed by atoms with van der Waals surface area (Å²) in [5, 5.41) is 10.9. The Bertz CT molecular complexity index is 701. The van der Waals surface area contributed by atoms with Crippen molar-refractivity contribution in [3.8, 4) is 11.6 Å². The van der Waals surface area contributed by atoms with Crippen LogP contribution >= 0.6 is 23.4 Å². The third-order valence-corrected chi connectivity index (χ3v) is 4.08. The predicted octanol–water partition coefficient (Wildman–Crippen LogP) is 3.50. The monoisotopic (exact) mass is 354 g/mol. The number of rotatable bonds is 7. The van der Waals surface area contributed by atoms with Crippen molar-refractivity contribution in [2.45, 2.75) is 25.4 Å². The lowest BCUT2D eigenvalue weighted by Gasteiger charge is -2.08. The van der Waals surface area contributed by atoms with Crippen LogP contribution in [0, 0.1) is 5.92 Å². The van der Waals surface area contributed by atoms with Crippen LogP contribution in [0.1, 0.15) is 19.4 Å². The number of nitrogens with zero attached hydrogens (tertiary/aromatic N) is 1. The van der Waals surface area contributed by atoms with Gasteiger partial charge in [0.25, 0.3) is 5.56 Å². The molecule has 0 saturated carbocycles. The number of hydrogen-bond donors (Lipinski definition) is 2. The van der Waals surface area contributed by atoms with Crippen molar-refractivity contribution in [3.63, 3.8) is 0 Å². The summed E-state index contributed by atoms with van der Waals surface area (Å²) in [6.45, 7) is 4.41. The summed E-state index contributed by atoms with van der Waals surface area (Å²) < 4.78 is 5.56. The van der Waals surface area contributed by atoms with Gasteiger partial charge in [-0.15, -0.1) is 0 Å². The standard InChI is InChI=1S/C16H19ClN2O3S/c1-10(2)9-13-14(20)18-16(19-15(13)21)23-8-7-22-12-5-3-11(17)4-6-12/h3-6,10H,7-9H2,1-2H3,(H2,18,19,20,21). The Balaban J connectivity index is 1.88. The molecule has 0 unspecified atom stereocenters. The van der Waals surface area contributed by atoms with E-state index in [4.69, 9.17) is 16.3 Å². The molecule has 1 aromatic heterocycles. The van der Waals surface area contributed by atoms with E-state index in [9.17, 15) is 9.90 Å². The molecular weight excluding hydrogens is 336 g/mol. The number of aromatic amines is 1. The van der Waals surface area contributed by atoms with Crippen LogP contribution in [-0.2, 0) is 6.42 Å². The average molecular weight is 355 g/mol. The van der Waals surface area contributed by atoms with Crippen LogP contribution in [0.3, 0.4) is 0 Å². The van der Waals surface area contributed by atoms with Gasteiger partial charge in [-0.3, -0.25) is 4.79 Å². The molecule has 0 aliphatic heterocycles. The van der Waals surface area contributed by atoms with Gasteiger partial charge in [-0.05, 0) is 36.6 Å². The number of aromatic hydroxyl groups is 1. The maximum absolute atomic E-state index is 12.0. The quantitative estimate of drug-likeness (QED) is 0.452. The minimum atomic E-state index is -0.285. The Morgan fingerprint density at radius 1 is 1.35 bits per heavy atom. The number of aromatic nitrogens is 2. The van der Waals surface area contributed by atoms with Gasteiger partial charge in [0, 0.05) is 10.8 Å². The molecule has 5 nitrogen and oxygen atoms in total. The van der Waals surface area contributed by atoms with E-state index in [1.807, 2.05) is 13.8 Å². The highest BCUT2D eigenvalue weighted by Crippen LogP contribution is 2.19. The zero-order valence-electron chi connectivity index (χ0n) is 13.0. The van der Waals surface area contributed by atoms with Crippen molar-refractivity contribution in [1.82, 2.24) is 9.97 Å². The molecule has 0 bridgehead atoms. The molecule has 1 heterocycles. The predicted molar refractivity (Wildman–Crippen MR) is 92.7 cm³/mol. The van der Waals surface area contributed by atoms with E-state index >= 15 is 0 Å². The fourth-order valence-corrected chi connectivity index (χ4v) is 2.76. The fraction of sp³-hybridized carbons (Fsp3) is 0.375. The summed E-state index contributed by atoms with van der Waals surface area (Å²) in [6.07, 6.45) is 0.499. The van der Waals surface area contributed by atoms with Crippen LogP contribution < -0.4 is 10.3 Å². The van der Waals surface area contributed by atoms with E-state index in [1.54, 1.807) is 24.3 Å². The molecule has 0 radical (unpaired) electrons. The maximum Gasteiger partial charge on any atom is 0.258 e. The summed E-state index contributed by atoms with van der Waals surface area (Å²) in [6, 6.07) is 7.10. The van der Waals surface area contributed by atoms with Gasteiger partial charge in [-0.2, -0.15) is 4.98 Å². The van der Waals surface area contributed by atoms with Crippen molar-refractivity contribution in [3.05, 3.63) is 45.2 Å². The lowest BCUT2D eigenvalue weighted by atomic mass is 10.1. The summed E-state index contributed by atoms with van der Waals surface area (Å²) in [5.41, 5.74) is 0.0501. The van der Waals surface area contributed by atoms with Crippen LogP contribution in [0.25, 0.3) is 0 Å². The average Bonchev–Trinajstić information content (AvgIpc) is 2.49. The maximum atomic E-state index is 12.0. The smallest absolute Gasteiger partial charge is 0.258 e. The number of halogens is 1. The largest absolute Gasteiger partial charge is 0.493 e. The van der Waals surface area contributed by atoms with Gasteiger partial charge in [0.2, 0.25) is 5.88 Å². The molecule has 0 fully saturated rings. The first-order chi connectivity index (χ1) is 11.0.